The average molecular weight is 519 g/mol. The van der Waals surface area contributed by atoms with Gasteiger partial charge in [0.1, 0.15) is 5.82 Å². The second-order valence-corrected chi connectivity index (χ2v) is 9.53. The molecule has 1 aromatic carbocycles. The molecule has 1 aliphatic rings. The summed E-state index contributed by atoms with van der Waals surface area (Å²) in [6, 6.07) is 16.2. The lowest BCUT2D eigenvalue weighted by Crippen LogP contribution is -2.39. The third-order valence-electron chi connectivity index (χ3n) is 6.31. The van der Waals surface area contributed by atoms with Crippen LogP contribution in [0.15, 0.2) is 71.6 Å². The number of likely N-dealkylation sites (tertiary alicyclic amines) is 1. The summed E-state index contributed by atoms with van der Waals surface area (Å²) in [5.74, 6) is 1.29. The van der Waals surface area contributed by atoms with Crippen LogP contribution in [0, 0.1) is 0 Å². The molecular formula is C26H27BrN6O. The third-order valence-corrected chi connectivity index (χ3v) is 6.87. The minimum Gasteiger partial charge on any atom is -0.366 e. The fourth-order valence-corrected chi connectivity index (χ4v) is 4.83. The fraction of sp³-hybridized carbons (Fsp3) is 0.308. The van der Waals surface area contributed by atoms with E-state index in [9.17, 15) is 4.79 Å². The first kappa shape index (κ1) is 22.5. The number of halogens is 1. The summed E-state index contributed by atoms with van der Waals surface area (Å²) in [6.45, 7) is 2.15. The van der Waals surface area contributed by atoms with Crippen LogP contribution < -0.4 is 5.32 Å². The number of nitrogens with one attached hydrogen (secondary N) is 1. The molecule has 1 unspecified atom stereocenters. The molecule has 5 rings (SSSR count). The van der Waals surface area contributed by atoms with Crippen molar-refractivity contribution in [2.24, 2.45) is 0 Å². The van der Waals surface area contributed by atoms with Crippen molar-refractivity contribution in [3.05, 3.63) is 88.4 Å². The van der Waals surface area contributed by atoms with E-state index < -0.39 is 0 Å². The standard InChI is InChI=1S/C26H27BrN6O/c27-22-17-30-33-24(29-16-20-8-4-12-28-15-20)14-23(31-26(22)33)21-9-5-13-32(18-21)25(34)11-10-19-6-2-1-3-7-19/h1-4,6-8,12,14-15,17,21,29H,5,9-11,13,16,18H2. The predicted octanol–water partition coefficient (Wildman–Crippen LogP) is 4.84. The first-order valence-electron chi connectivity index (χ1n) is 11.7. The van der Waals surface area contributed by atoms with Gasteiger partial charge >= 0.3 is 0 Å². The molecule has 4 aromatic rings. The van der Waals surface area contributed by atoms with E-state index >= 15 is 0 Å². The van der Waals surface area contributed by atoms with E-state index in [1.807, 2.05) is 45.9 Å². The van der Waals surface area contributed by atoms with Crippen LogP contribution in [0.25, 0.3) is 5.65 Å². The zero-order chi connectivity index (χ0) is 23.3. The van der Waals surface area contributed by atoms with Crippen LogP contribution in [0.4, 0.5) is 5.82 Å². The number of anilines is 1. The quantitative estimate of drug-likeness (QED) is 0.378. The molecular weight excluding hydrogens is 492 g/mol. The summed E-state index contributed by atoms with van der Waals surface area (Å²) in [7, 11) is 0. The largest absolute Gasteiger partial charge is 0.366 e. The molecule has 0 spiro atoms. The Morgan fingerprint density at radius 1 is 1.12 bits per heavy atom. The van der Waals surface area contributed by atoms with Crippen molar-refractivity contribution in [1.82, 2.24) is 24.5 Å². The van der Waals surface area contributed by atoms with E-state index in [0.29, 0.717) is 19.5 Å². The summed E-state index contributed by atoms with van der Waals surface area (Å²) in [5, 5.41) is 7.97. The molecule has 0 aliphatic carbocycles. The second-order valence-electron chi connectivity index (χ2n) is 8.67. The molecule has 0 saturated carbocycles. The first-order chi connectivity index (χ1) is 16.7. The number of benzene rings is 1. The summed E-state index contributed by atoms with van der Waals surface area (Å²) in [6.07, 6.45) is 8.69. The zero-order valence-corrected chi connectivity index (χ0v) is 20.5. The molecule has 1 aliphatic heterocycles. The van der Waals surface area contributed by atoms with Crippen molar-refractivity contribution in [2.75, 3.05) is 18.4 Å². The molecule has 0 radical (unpaired) electrons. The number of piperidine rings is 1. The van der Waals surface area contributed by atoms with Crippen molar-refractivity contribution in [1.29, 1.82) is 0 Å². The highest BCUT2D eigenvalue weighted by Crippen LogP contribution is 2.30. The number of carbonyl (C=O) groups is 1. The number of fused-ring (bicyclic) bond motifs is 1. The molecule has 8 heteroatoms. The van der Waals surface area contributed by atoms with Gasteiger partial charge in [-0.05, 0) is 52.4 Å². The number of aryl methyl sites for hydroxylation is 1. The van der Waals surface area contributed by atoms with Gasteiger partial charge in [0, 0.05) is 50.4 Å². The summed E-state index contributed by atoms with van der Waals surface area (Å²) in [5.41, 5.74) is 4.06. The Balaban J connectivity index is 1.32. The number of hydrogen-bond donors (Lipinski definition) is 1. The lowest BCUT2D eigenvalue weighted by molar-refractivity contribution is -0.132. The molecule has 0 bridgehead atoms. The van der Waals surface area contributed by atoms with Gasteiger partial charge in [-0.15, -0.1) is 0 Å². The maximum absolute atomic E-state index is 13.0. The van der Waals surface area contributed by atoms with Gasteiger partial charge in [-0.2, -0.15) is 9.61 Å². The number of rotatable bonds is 7. The van der Waals surface area contributed by atoms with Gasteiger partial charge in [0.25, 0.3) is 0 Å². The van der Waals surface area contributed by atoms with Crippen LogP contribution in [0.1, 0.15) is 42.0 Å². The van der Waals surface area contributed by atoms with E-state index in [4.69, 9.17) is 4.98 Å². The SMILES string of the molecule is O=C(CCc1ccccc1)N1CCCC(c2cc(NCc3cccnc3)n3ncc(Br)c3n2)C1. The Bertz CT molecular complexity index is 1260. The Morgan fingerprint density at radius 2 is 1.97 bits per heavy atom. The topological polar surface area (TPSA) is 75.4 Å². The third kappa shape index (κ3) is 5.12. The van der Waals surface area contributed by atoms with Crippen LogP contribution in [-0.2, 0) is 17.8 Å². The van der Waals surface area contributed by atoms with Crippen molar-refractivity contribution in [3.63, 3.8) is 0 Å². The molecule has 1 saturated heterocycles. The summed E-state index contributed by atoms with van der Waals surface area (Å²) in [4.78, 5) is 24.1. The first-order valence-corrected chi connectivity index (χ1v) is 12.5. The normalized spacial score (nSPS) is 16.0. The van der Waals surface area contributed by atoms with E-state index in [0.717, 1.165) is 53.0 Å². The van der Waals surface area contributed by atoms with Crippen molar-refractivity contribution in [3.8, 4) is 0 Å². The number of aromatic nitrogens is 4. The van der Waals surface area contributed by atoms with Gasteiger partial charge in [0.15, 0.2) is 5.65 Å². The maximum atomic E-state index is 13.0. The summed E-state index contributed by atoms with van der Waals surface area (Å²) >= 11 is 3.58. The van der Waals surface area contributed by atoms with Crippen molar-refractivity contribution < 1.29 is 4.79 Å². The van der Waals surface area contributed by atoms with E-state index in [1.165, 1.54) is 5.56 Å². The van der Waals surface area contributed by atoms with Crippen molar-refractivity contribution in [2.45, 2.75) is 38.1 Å². The smallest absolute Gasteiger partial charge is 0.222 e. The number of nitrogens with zero attached hydrogens (tertiary/aromatic N) is 5. The van der Waals surface area contributed by atoms with Crippen LogP contribution >= 0.6 is 15.9 Å². The molecule has 34 heavy (non-hydrogen) atoms. The van der Waals surface area contributed by atoms with Crippen LogP contribution in [0.5, 0.6) is 0 Å². The molecule has 174 valence electrons. The highest BCUT2D eigenvalue weighted by molar-refractivity contribution is 9.10. The van der Waals surface area contributed by atoms with Gasteiger partial charge in [-0.3, -0.25) is 9.78 Å². The number of carbonyl (C=O) groups excluding carboxylic acids is 1. The zero-order valence-electron chi connectivity index (χ0n) is 18.9. The van der Waals surface area contributed by atoms with Gasteiger partial charge < -0.3 is 10.2 Å². The van der Waals surface area contributed by atoms with E-state index in [2.05, 4.69) is 49.5 Å². The lowest BCUT2D eigenvalue weighted by atomic mass is 9.94. The van der Waals surface area contributed by atoms with Gasteiger partial charge in [0.2, 0.25) is 5.91 Å². The van der Waals surface area contributed by atoms with Crippen LogP contribution in [0.3, 0.4) is 0 Å². The second kappa shape index (κ2) is 10.3. The van der Waals surface area contributed by atoms with Crippen molar-refractivity contribution >= 4 is 33.3 Å². The monoisotopic (exact) mass is 518 g/mol. The lowest BCUT2D eigenvalue weighted by Gasteiger charge is -2.33. The Hall–Kier alpha value is -3.26. The highest BCUT2D eigenvalue weighted by atomic mass is 79.9. The number of amides is 1. The van der Waals surface area contributed by atoms with Gasteiger partial charge in [0.05, 0.1) is 16.4 Å². The van der Waals surface area contributed by atoms with Crippen LogP contribution in [-0.4, -0.2) is 43.5 Å². The molecule has 7 nitrogen and oxygen atoms in total. The minimum absolute atomic E-state index is 0.195. The molecule has 1 amide bonds. The predicted molar refractivity (Wildman–Crippen MR) is 136 cm³/mol. The molecule has 1 atom stereocenters. The molecule has 1 fully saturated rings. The highest BCUT2D eigenvalue weighted by Gasteiger charge is 2.26. The fourth-order valence-electron chi connectivity index (χ4n) is 4.48. The number of pyridine rings is 1. The molecule has 3 aromatic heterocycles. The molecule has 1 N–H and O–H groups in total. The maximum Gasteiger partial charge on any atom is 0.222 e. The summed E-state index contributed by atoms with van der Waals surface area (Å²) < 4.78 is 2.67. The number of hydrogen-bond acceptors (Lipinski definition) is 5. The molecule has 4 heterocycles. The van der Waals surface area contributed by atoms with E-state index in [1.54, 1.807) is 12.4 Å². The van der Waals surface area contributed by atoms with Crippen LogP contribution in [0.2, 0.25) is 0 Å². The van der Waals surface area contributed by atoms with Gasteiger partial charge in [-0.25, -0.2) is 4.98 Å². The average Bonchev–Trinajstić information content (AvgIpc) is 3.28. The minimum atomic E-state index is 0.195. The van der Waals surface area contributed by atoms with E-state index in [-0.39, 0.29) is 11.8 Å². The van der Waals surface area contributed by atoms with Gasteiger partial charge in [-0.1, -0.05) is 36.4 Å². The Morgan fingerprint density at radius 3 is 2.79 bits per heavy atom. The Kier molecular flexibility index (Phi) is 6.85. The Labute approximate surface area is 207 Å².